The van der Waals surface area contributed by atoms with Crippen LogP contribution in [0.3, 0.4) is 0 Å². The molecule has 0 aromatic heterocycles. The molecule has 4 heteroatoms. The molecule has 0 heterocycles. The highest BCUT2D eigenvalue weighted by Crippen LogP contribution is 2.24. The van der Waals surface area contributed by atoms with E-state index < -0.39 is 12.2 Å². The largest absolute Gasteiger partial charge is 0.491 e. The fourth-order valence-electron chi connectivity index (χ4n) is 2.89. The van der Waals surface area contributed by atoms with Gasteiger partial charge < -0.3 is 19.7 Å². The molecule has 0 spiro atoms. The number of benzene rings is 2. The maximum Gasteiger partial charge on any atom is 0.119 e. The van der Waals surface area contributed by atoms with Crippen LogP contribution in [-0.4, -0.2) is 35.6 Å². The van der Waals surface area contributed by atoms with Crippen molar-refractivity contribution < 1.29 is 19.7 Å². The van der Waals surface area contributed by atoms with Crippen LogP contribution in [0.25, 0.3) is 0 Å². The molecule has 2 aromatic carbocycles. The third-order valence-corrected chi connectivity index (χ3v) is 4.46. The molecule has 2 atom stereocenters. The highest BCUT2D eigenvalue weighted by atomic mass is 16.5. The number of aliphatic hydroxyl groups is 2. The Hall–Kier alpha value is -2.04. The van der Waals surface area contributed by atoms with Gasteiger partial charge in [0.1, 0.15) is 24.7 Å². The molecular weight excluding hydrogens is 328 g/mol. The molecule has 0 bridgehead atoms. The maximum atomic E-state index is 10.3. The Labute approximate surface area is 156 Å². The van der Waals surface area contributed by atoms with Crippen LogP contribution in [0.2, 0.25) is 0 Å². The molecule has 0 aliphatic carbocycles. The molecule has 142 valence electrons. The molecular formula is C22H30O4. The van der Waals surface area contributed by atoms with E-state index in [9.17, 15) is 10.2 Å². The van der Waals surface area contributed by atoms with E-state index >= 15 is 0 Å². The highest BCUT2D eigenvalue weighted by molar-refractivity contribution is 5.21. The molecule has 0 aliphatic rings. The lowest BCUT2D eigenvalue weighted by Crippen LogP contribution is -2.28. The van der Waals surface area contributed by atoms with Crippen molar-refractivity contribution in [3.05, 3.63) is 60.7 Å². The quantitative estimate of drug-likeness (QED) is 0.639. The van der Waals surface area contributed by atoms with Crippen LogP contribution in [-0.2, 0) is 0 Å². The molecule has 2 rings (SSSR count). The second-order valence-corrected chi connectivity index (χ2v) is 7.03. The van der Waals surface area contributed by atoms with Crippen molar-refractivity contribution in [1.29, 1.82) is 0 Å². The lowest BCUT2D eigenvalue weighted by molar-refractivity contribution is 0.0427. The predicted molar refractivity (Wildman–Crippen MR) is 103 cm³/mol. The summed E-state index contributed by atoms with van der Waals surface area (Å²) >= 11 is 0. The topological polar surface area (TPSA) is 58.9 Å². The van der Waals surface area contributed by atoms with Gasteiger partial charge in [-0.1, -0.05) is 50.2 Å². The van der Waals surface area contributed by atoms with Crippen LogP contribution in [0.1, 0.15) is 26.7 Å². The molecule has 2 unspecified atom stereocenters. The van der Waals surface area contributed by atoms with Gasteiger partial charge in [0, 0.05) is 0 Å². The molecule has 0 amide bonds. The van der Waals surface area contributed by atoms with Gasteiger partial charge in [-0.15, -0.1) is 0 Å². The van der Waals surface area contributed by atoms with Gasteiger partial charge in [0.25, 0.3) is 0 Å². The lowest BCUT2D eigenvalue weighted by atomic mass is 9.85. The van der Waals surface area contributed by atoms with Crippen molar-refractivity contribution in [3.63, 3.8) is 0 Å². The van der Waals surface area contributed by atoms with Crippen molar-refractivity contribution in [2.45, 2.75) is 38.9 Å². The third kappa shape index (κ3) is 7.46. The van der Waals surface area contributed by atoms with Crippen LogP contribution >= 0.6 is 0 Å². The standard InChI is InChI=1S/C22H30O4/c1-17(2)18(13-19(23)15-25-21-9-5-3-6-10-21)14-20(24)16-26-22-11-7-4-8-12-22/h3-12,17-20,23-24H,13-16H2,1-2H3. The summed E-state index contributed by atoms with van der Waals surface area (Å²) < 4.78 is 11.2. The number of hydrogen-bond acceptors (Lipinski definition) is 4. The Kier molecular flexibility index (Phi) is 8.45. The van der Waals surface area contributed by atoms with E-state index in [2.05, 4.69) is 13.8 Å². The highest BCUT2D eigenvalue weighted by Gasteiger charge is 2.22. The van der Waals surface area contributed by atoms with Gasteiger partial charge >= 0.3 is 0 Å². The van der Waals surface area contributed by atoms with Gasteiger partial charge in [-0.3, -0.25) is 0 Å². The Bertz CT molecular complexity index is 549. The van der Waals surface area contributed by atoms with Gasteiger partial charge in [-0.2, -0.15) is 0 Å². The van der Waals surface area contributed by atoms with E-state index in [1.165, 1.54) is 0 Å². The third-order valence-electron chi connectivity index (χ3n) is 4.46. The second-order valence-electron chi connectivity index (χ2n) is 7.03. The summed E-state index contributed by atoms with van der Waals surface area (Å²) in [7, 11) is 0. The Morgan fingerprint density at radius 3 is 1.42 bits per heavy atom. The van der Waals surface area contributed by atoms with Gasteiger partial charge in [0.15, 0.2) is 0 Å². The zero-order chi connectivity index (χ0) is 18.8. The van der Waals surface area contributed by atoms with E-state index in [1.807, 2.05) is 60.7 Å². The van der Waals surface area contributed by atoms with Crippen molar-refractivity contribution >= 4 is 0 Å². The molecule has 0 radical (unpaired) electrons. The first-order valence-electron chi connectivity index (χ1n) is 9.26. The summed E-state index contributed by atoms with van der Waals surface area (Å²) in [6, 6.07) is 19.0. The summed E-state index contributed by atoms with van der Waals surface area (Å²) in [6.07, 6.45) is 0.0504. The molecule has 2 N–H and O–H groups in total. The first-order chi connectivity index (χ1) is 12.5. The zero-order valence-electron chi connectivity index (χ0n) is 15.6. The van der Waals surface area contributed by atoms with Crippen molar-refractivity contribution in [3.8, 4) is 11.5 Å². The van der Waals surface area contributed by atoms with Crippen LogP contribution in [0.4, 0.5) is 0 Å². The minimum atomic E-state index is -0.565. The van der Waals surface area contributed by atoms with E-state index in [0.29, 0.717) is 18.8 Å². The van der Waals surface area contributed by atoms with Crippen molar-refractivity contribution in [1.82, 2.24) is 0 Å². The Balaban J connectivity index is 1.76. The normalized spacial score (nSPS) is 14.7. The van der Waals surface area contributed by atoms with Gasteiger partial charge in [0.2, 0.25) is 0 Å². The molecule has 26 heavy (non-hydrogen) atoms. The second kappa shape index (κ2) is 10.8. The average molecular weight is 358 g/mol. The summed E-state index contributed by atoms with van der Waals surface area (Å²) in [5, 5.41) is 20.6. The first-order valence-corrected chi connectivity index (χ1v) is 9.26. The van der Waals surface area contributed by atoms with Crippen LogP contribution < -0.4 is 9.47 Å². The fraction of sp³-hybridized carbons (Fsp3) is 0.455. The zero-order valence-corrected chi connectivity index (χ0v) is 15.6. The van der Waals surface area contributed by atoms with Crippen molar-refractivity contribution in [2.24, 2.45) is 11.8 Å². The van der Waals surface area contributed by atoms with Gasteiger partial charge in [-0.05, 0) is 48.9 Å². The van der Waals surface area contributed by atoms with E-state index in [0.717, 1.165) is 11.5 Å². The summed E-state index contributed by atoms with van der Waals surface area (Å²) in [4.78, 5) is 0. The molecule has 0 saturated carbocycles. The minimum Gasteiger partial charge on any atom is -0.491 e. The molecule has 0 aliphatic heterocycles. The first kappa shape index (κ1) is 20.3. The number of aliphatic hydroxyl groups excluding tert-OH is 2. The van der Waals surface area contributed by atoms with Crippen LogP contribution in [0.5, 0.6) is 11.5 Å². The number of ether oxygens (including phenoxy) is 2. The van der Waals surface area contributed by atoms with Crippen LogP contribution in [0.15, 0.2) is 60.7 Å². The van der Waals surface area contributed by atoms with Crippen molar-refractivity contribution in [2.75, 3.05) is 13.2 Å². The molecule has 4 nitrogen and oxygen atoms in total. The van der Waals surface area contributed by atoms with Gasteiger partial charge in [-0.25, -0.2) is 0 Å². The number of hydrogen-bond donors (Lipinski definition) is 2. The van der Waals surface area contributed by atoms with E-state index in [-0.39, 0.29) is 19.1 Å². The maximum absolute atomic E-state index is 10.3. The number of para-hydroxylation sites is 2. The predicted octanol–water partition coefficient (Wildman–Crippen LogP) is 3.92. The Morgan fingerprint density at radius 1 is 0.692 bits per heavy atom. The smallest absolute Gasteiger partial charge is 0.119 e. The Morgan fingerprint density at radius 2 is 1.08 bits per heavy atom. The monoisotopic (exact) mass is 358 g/mol. The minimum absolute atomic E-state index is 0.193. The molecule has 0 saturated heterocycles. The molecule has 2 aromatic rings. The van der Waals surface area contributed by atoms with Crippen LogP contribution in [0, 0.1) is 11.8 Å². The summed E-state index contributed by atoms with van der Waals surface area (Å²) in [5.74, 6) is 2.05. The number of rotatable bonds is 11. The molecule has 0 fully saturated rings. The van der Waals surface area contributed by atoms with Gasteiger partial charge in [0.05, 0.1) is 12.2 Å². The van der Waals surface area contributed by atoms with E-state index in [1.54, 1.807) is 0 Å². The fourth-order valence-corrected chi connectivity index (χ4v) is 2.89. The summed E-state index contributed by atoms with van der Waals surface area (Å²) in [5.41, 5.74) is 0. The van der Waals surface area contributed by atoms with E-state index in [4.69, 9.17) is 9.47 Å². The average Bonchev–Trinajstić information content (AvgIpc) is 2.66. The SMILES string of the molecule is CC(C)C(CC(O)COc1ccccc1)CC(O)COc1ccccc1. The summed E-state index contributed by atoms with van der Waals surface area (Å²) in [6.45, 7) is 4.73. The lowest BCUT2D eigenvalue weighted by Gasteiger charge is -2.26.